The van der Waals surface area contributed by atoms with Crippen molar-refractivity contribution in [2.75, 3.05) is 23.3 Å². The summed E-state index contributed by atoms with van der Waals surface area (Å²) in [5, 5.41) is 3.90. The highest BCUT2D eigenvalue weighted by Gasteiger charge is 2.22. The fourth-order valence-corrected chi connectivity index (χ4v) is 4.72. The molecule has 0 fully saturated rings. The molecule has 0 saturated carbocycles. The van der Waals surface area contributed by atoms with Crippen LogP contribution >= 0.6 is 11.3 Å². The molecule has 1 N–H and O–H groups in total. The number of nitrogens with zero attached hydrogens (tertiary/aromatic N) is 1. The second kappa shape index (κ2) is 8.58. The van der Waals surface area contributed by atoms with E-state index in [0.717, 1.165) is 33.8 Å². The van der Waals surface area contributed by atoms with Gasteiger partial charge in [-0.3, -0.25) is 9.10 Å². The first-order valence-electron chi connectivity index (χ1n) is 8.27. The van der Waals surface area contributed by atoms with Crippen LogP contribution in [0.2, 0.25) is 0 Å². The van der Waals surface area contributed by atoms with Gasteiger partial charge >= 0.3 is 0 Å². The number of rotatable bonds is 7. The molecule has 1 aromatic heterocycles. The van der Waals surface area contributed by atoms with Gasteiger partial charge in [-0.25, -0.2) is 17.2 Å². The van der Waals surface area contributed by atoms with Crippen molar-refractivity contribution < 1.29 is 26.7 Å². The van der Waals surface area contributed by atoms with Gasteiger partial charge in [0.05, 0.1) is 11.4 Å². The minimum Gasteiger partial charge on any atom is -0.484 e. The topological polar surface area (TPSA) is 75.7 Å². The Balaban J connectivity index is 1.60. The number of nitrogens with one attached hydrogen (secondary N) is 1. The van der Waals surface area contributed by atoms with Crippen molar-refractivity contribution in [1.82, 2.24) is 0 Å². The van der Waals surface area contributed by atoms with Crippen LogP contribution in [0.5, 0.6) is 5.75 Å². The summed E-state index contributed by atoms with van der Waals surface area (Å²) in [6.07, 6.45) is 0. The minimum atomic E-state index is -3.65. The van der Waals surface area contributed by atoms with E-state index in [0.29, 0.717) is 11.4 Å². The number of hydrogen-bond donors (Lipinski definition) is 1. The van der Waals surface area contributed by atoms with Gasteiger partial charge in [0.1, 0.15) is 21.6 Å². The third-order valence-electron chi connectivity index (χ3n) is 3.88. The van der Waals surface area contributed by atoms with E-state index < -0.39 is 34.2 Å². The van der Waals surface area contributed by atoms with Crippen LogP contribution in [0.4, 0.5) is 20.2 Å². The van der Waals surface area contributed by atoms with Crippen molar-refractivity contribution in [1.29, 1.82) is 0 Å². The van der Waals surface area contributed by atoms with E-state index >= 15 is 0 Å². The summed E-state index contributed by atoms with van der Waals surface area (Å²) in [6.45, 7) is -0.432. The van der Waals surface area contributed by atoms with E-state index in [1.54, 1.807) is 11.4 Å². The molecule has 2 aromatic carbocycles. The number of halogens is 2. The lowest BCUT2D eigenvalue weighted by Crippen LogP contribution is -2.25. The lowest BCUT2D eigenvalue weighted by molar-refractivity contribution is -0.118. The van der Waals surface area contributed by atoms with Gasteiger partial charge in [0.15, 0.2) is 6.61 Å². The van der Waals surface area contributed by atoms with E-state index in [1.807, 2.05) is 0 Å². The third kappa shape index (κ3) is 4.90. The molecule has 10 heteroatoms. The molecule has 0 aliphatic heterocycles. The molecule has 0 unspecified atom stereocenters. The summed E-state index contributed by atoms with van der Waals surface area (Å²) in [4.78, 5) is 11.9. The number of anilines is 2. The van der Waals surface area contributed by atoms with Gasteiger partial charge in [-0.05, 0) is 47.8 Å². The zero-order chi connectivity index (χ0) is 21.0. The first-order valence-corrected chi connectivity index (χ1v) is 10.6. The van der Waals surface area contributed by atoms with Crippen molar-refractivity contribution in [2.24, 2.45) is 0 Å². The van der Waals surface area contributed by atoms with Gasteiger partial charge < -0.3 is 10.1 Å². The Bertz CT molecular complexity index is 1100. The maximum absolute atomic E-state index is 13.5. The quantitative estimate of drug-likeness (QED) is 0.608. The molecule has 0 spiro atoms. The van der Waals surface area contributed by atoms with E-state index in [2.05, 4.69) is 5.32 Å². The molecule has 6 nitrogen and oxygen atoms in total. The number of benzene rings is 2. The fourth-order valence-electron chi connectivity index (χ4n) is 2.36. The van der Waals surface area contributed by atoms with Crippen LogP contribution in [0.3, 0.4) is 0 Å². The Morgan fingerprint density at radius 3 is 2.52 bits per heavy atom. The van der Waals surface area contributed by atoms with Crippen LogP contribution in [0, 0.1) is 11.6 Å². The number of ether oxygens (including phenoxy) is 1. The molecule has 3 aromatic rings. The average Bonchev–Trinajstić information content (AvgIpc) is 3.25. The van der Waals surface area contributed by atoms with E-state index in [-0.39, 0.29) is 9.90 Å². The minimum absolute atomic E-state index is 0.224. The van der Waals surface area contributed by atoms with Gasteiger partial charge in [0.25, 0.3) is 15.9 Å². The summed E-state index contributed by atoms with van der Waals surface area (Å²) in [7, 11) is -2.21. The lowest BCUT2D eigenvalue weighted by Gasteiger charge is -2.18. The lowest BCUT2D eigenvalue weighted by atomic mass is 10.3. The van der Waals surface area contributed by atoms with Gasteiger partial charge in [-0.2, -0.15) is 0 Å². The molecular weight excluding hydrogens is 422 g/mol. The molecule has 3 rings (SSSR count). The zero-order valence-electron chi connectivity index (χ0n) is 15.1. The Morgan fingerprint density at radius 2 is 1.86 bits per heavy atom. The maximum atomic E-state index is 13.5. The Kier molecular flexibility index (Phi) is 6.14. The number of amides is 1. The fraction of sp³-hybridized carbons (Fsp3) is 0.105. The first kappa shape index (κ1) is 20.7. The first-order chi connectivity index (χ1) is 13.8. The molecule has 1 amide bonds. The standard InChI is InChI=1S/C19H16F2N2O4S2/c1-23(29(25,26)19-3-2-10-28-19)14-5-7-15(8-6-14)27-12-18(24)22-17-11-13(20)4-9-16(17)21/h2-11H,12H2,1H3,(H,22,24). The highest BCUT2D eigenvalue weighted by molar-refractivity contribution is 7.94. The summed E-state index contributed by atoms with van der Waals surface area (Å²) in [6, 6.07) is 12.0. The highest BCUT2D eigenvalue weighted by Crippen LogP contribution is 2.26. The van der Waals surface area contributed by atoms with E-state index in [1.165, 1.54) is 37.4 Å². The summed E-state index contributed by atoms with van der Waals surface area (Å²) < 4.78 is 58.4. The van der Waals surface area contributed by atoms with Crippen LogP contribution in [-0.4, -0.2) is 28.0 Å². The number of carbonyl (C=O) groups is 1. The summed E-state index contributed by atoms with van der Waals surface area (Å²) in [5.74, 6) is -1.81. The largest absolute Gasteiger partial charge is 0.484 e. The van der Waals surface area contributed by atoms with Crippen molar-refractivity contribution in [3.63, 3.8) is 0 Å². The number of carbonyl (C=O) groups excluding carboxylic acids is 1. The molecule has 1 heterocycles. The van der Waals surface area contributed by atoms with Gasteiger partial charge in [0, 0.05) is 13.1 Å². The van der Waals surface area contributed by atoms with Crippen LogP contribution in [0.25, 0.3) is 0 Å². The second-order valence-electron chi connectivity index (χ2n) is 5.86. The predicted molar refractivity (Wildman–Crippen MR) is 107 cm³/mol. The second-order valence-corrected chi connectivity index (χ2v) is 9.00. The monoisotopic (exact) mass is 438 g/mol. The number of thiophene rings is 1. The van der Waals surface area contributed by atoms with E-state index in [4.69, 9.17) is 4.74 Å². The maximum Gasteiger partial charge on any atom is 0.273 e. The predicted octanol–water partition coefficient (Wildman–Crippen LogP) is 3.87. The molecule has 0 saturated heterocycles. The molecule has 29 heavy (non-hydrogen) atoms. The third-order valence-corrected chi connectivity index (χ3v) is 7.04. The van der Waals surface area contributed by atoms with E-state index in [9.17, 15) is 22.0 Å². The molecular formula is C19H16F2N2O4S2. The van der Waals surface area contributed by atoms with Crippen molar-refractivity contribution in [3.05, 3.63) is 71.6 Å². The van der Waals surface area contributed by atoms with Gasteiger partial charge in [0.2, 0.25) is 0 Å². The van der Waals surface area contributed by atoms with Gasteiger partial charge in [-0.15, -0.1) is 11.3 Å². The number of hydrogen-bond acceptors (Lipinski definition) is 5. The number of sulfonamides is 1. The SMILES string of the molecule is CN(c1ccc(OCC(=O)Nc2cc(F)ccc2F)cc1)S(=O)(=O)c1cccs1. The molecule has 0 bridgehead atoms. The summed E-state index contributed by atoms with van der Waals surface area (Å²) >= 11 is 1.12. The van der Waals surface area contributed by atoms with Crippen molar-refractivity contribution in [3.8, 4) is 5.75 Å². The Hall–Kier alpha value is -2.98. The molecule has 0 radical (unpaired) electrons. The molecule has 152 valence electrons. The van der Waals surface area contributed by atoms with Crippen LogP contribution in [0.15, 0.2) is 64.2 Å². The van der Waals surface area contributed by atoms with Crippen molar-refractivity contribution >= 4 is 38.6 Å². The molecule has 0 atom stereocenters. The Morgan fingerprint density at radius 1 is 1.14 bits per heavy atom. The van der Waals surface area contributed by atoms with Crippen molar-refractivity contribution in [2.45, 2.75) is 4.21 Å². The molecule has 0 aliphatic carbocycles. The zero-order valence-corrected chi connectivity index (χ0v) is 16.8. The van der Waals surface area contributed by atoms with Crippen LogP contribution in [0.1, 0.15) is 0 Å². The Labute approximate surface area is 170 Å². The molecule has 0 aliphatic rings. The van der Waals surface area contributed by atoms with Gasteiger partial charge in [-0.1, -0.05) is 6.07 Å². The average molecular weight is 438 g/mol. The van der Waals surface area contributed by atoms with Crippen LogP contribution < -0.4 is 14.4 Å². The smallest absolute Gasteiger partial charge is 0.273 e. The van der Waals surface area contributed by atoms with Crippen LogP contribution in [-0.2, 0) is 14.8 Å². The summed E-state index contributed by atoms with van der Waals surface area (Å²) in [5.41, 5.74) is 0.131. The normalized spacial score (nSPS) is 11.1. The highest BCUT2D eigenvalue weighted by atomic mass is 32.2.